The van der Waals surface area contributed by atoms with E-state index in [2.05, 4.69) is 26.1 Å². The van der Waals surface area contributed by atoms with Gasteiger partial charge in [0.25, 0.3) is 0 Å². The van der Waals surface area contributed by atoms with Crippen molar-refractivity contribution in [1.82, 2.24) is 5.32 Å². The summed E-state index contributed by atoms with van der Waals surface area (Å²) in [5.41, 5.74) is 0.459. The summed E-state index contributed by atoms with van der Waals surface area (Å²) in [7, 11) is 2.05. The lowest BCUT2D eigenvalue weighted by Gasteiger charge is -2.44. The van der Waals surface area contributed by atoms with Crippen molar-refractivity contribution < 1.29 is 4.74 Å². The molecular formula is C10H19NO. The fourth-order valence-corrected chi connectivity index (χ4v) is 2.83. The van der Waals surface area contributed by atoms with E-state index in [0.29, 0.717) is 12.2 Å². The molecule has 1 N–H and O–H groups in total. The number of nitrogens with one attached hydrogen (secondary N) is 1. The summed E-state index contributed by atoms with van der Waals surface area (Å²) in [6.07, 6.45) is 3.38. The fourth-order valence-electron chi connectivity index (χ4n) is 2.83. The van der Waals surface area contributed by atoms with Crippen LogP contribution in [0.25, 0.3) is 0 Å². The summed E-state index contributed by atoms with van der Waals surface area (Å²) in [4.78, 5) is 0. The van der Waals surface area contributed by atoms with Gasteiger partial charge in [-0.3, -0.25) is 0 Å². The lowest BCUT2D eigenvalue weighted by Crippen LogP contribution is -2.59. The van der Waals surface area contributed by atoms with Gasteiger partial charge in [-0.15, -0.1) is 0 Å². The summed E-state index contributed by atoms with van der Waals surface area (Å²) < 4.78 is 5.93. The molecule has 3 atom stereocenters. The third-order valence-electron chi connectivity index (χ3n) is 4.33. The van der Waals surface area contributed by atoms with Crippen LogP contribution in [0.4, 0.5) is 0 Å². The largest absolute Gasteiger partial charge is 0.372 e. The Hall–Kier alpha value is -0.0800. The summed E-state index contributed by atoms with van der Waals surface area (Å²) in [6.45, 7) is 6.91. The highest BCUT2D eigenvalue weighted by Crippen LogP contribution is 2.53. The molecule has 0 aromatic carbocycles. The van der Waals surface area contributed by atoms with Crippen LogP contribution >= 0.6 is 0 Å². The lowest BCUT2D eigenvalue weighted by molar-refractivity contribution is 0.0734. The van der Waals surface area contributed by atoms with Crippen LogP contribution in [0.3, 0.4) is 0 Å². The van der Waals surface area contributed by atoms with Gasteiger partial charge in [-0.25, -0.2) is 0 Å². The molecule has 2 aliphatic heterocycles. The number of rotatable bonds is 1. The van der Waals surface area contributed by atoms with E-state index in [1.165, 1.54) is 12.8 Å². The van der Waals surface area contributed by atoms with Gasteiger partial charge >= 0.3 is 0 Å². The summed E-state index contributed by atoms with van der Waals surface area (Å²) >= 11 is 0. The Bertz CT molecular complexity index is 202. The first-order valence-corrected chi connectivity index (χ1v) is 4.87. The van der Waals surface area contributed by atoms with Gasteiger partial charge < -0.3 is 10.1 Å². The molecule has 2 rings (SSSR count). The first-order chi connectivity index (χ1) is 5.52. The van der Waals surface area contributed by atoms with E-state index in [1.807, 2.05) is 7.05 Å². The first-order valence-electron chi connectivity index (χ1n) is 4.87. The number of hydrogen-bond acceptors (Lipinski definition) is 2. The molecule has 0 spiro atoms. The maximum absolute atomic E-state index is 5.93. The normalized spacial score (nSPS) is 50.0. The molecule has 2 bridgehead atoms. The standard InChI is InChI=1S/C10H19NO/c1-9(2)7-5-6-8(12-7)10(9,3)11-4/h7-8,11H,5-6H2,1-4H3/t7-,8+,10+/m0/s1. The van der Waals surface area contributed by atoms with Crippen LogP contribution in [-0.4, -0.2) is 24.8 Å². The van der Waals surface area contributed by atoms with Crippen LogP contribution < -0.4 is 5.32 Å². The topological polar surface area (TPSA) is 21.3 Å². The van der Waals surface area contributed by atoms with Crippen molar-refractivity contribution in [3.8, 4) is 0 Å². The van der Waals surface area contributed by atoms with Crippen molar-refractivity contribution in [1.29, 1.82) is 0 Å². The smallest absolute Gasteiger partial charge is 0.0765 e. The van der Waals surface area contributed by atoms with Crippen molar-refractivity contribution in [2.75, 3.05) is 7.05 Å². The van der Waals surface area contributed by atoms with Crippen LogP contribution in [0.2, 0.25) is 0 Å². The maximum Gasteiger partial charge on any atom is 0.0765 e. The monoisotopic (exact) mass is 169 g/mol. The van der Waals surface area contributed by atoms with Crippen LogP contribution in [0.1, 0.15) is 33.6 Å². The zero-order chi connectivity index (χ0) is 8.98. The molecule has 0 saturated carbocycles. The Labute approximate surface area is 74.7 Å². The van der Waals surface area contributed by atoms with Gasteiger partial charge in [0, 0.05) is 11.0 Å². The molecule has 2 heterocycles. The molecule has 12 heavy (non-hydrogen) atoms. The van der Waals surface area contributed by atoms with E-state index >= 15 is 0 Å². The SMILES string of the molecule is CN[C@]1(C)[C@H]2CC[C@H](O2)C1(C)C. The molecule has 0 aliphatic carbocycles. The Morgan fingerprint density at radius 2 is 1.75 bits per heavy atom. The first kappa shape index (κ1) is 8.52. The predicted octanol–water partition coefficient (Wildman–Crippen LogP) is 1.55. The average Bonchev–Trinajstić information content (AvgIpc) is 2.55. The van der Waals surface area contributed by atoms with Gasteiger partial charge in [-0.05, 0) is 26.8 Å². The second kappa shape index (κ2) is 2.24. The highest BCUT2D eigenvalue weighted by Gasteiger charge is 2.61. The third-order valence-corrected chi connectivity index (χ3v) is 4.33. The number of fused-ring (bicyclic) bond motifs is 2. The van der Waals surface area contributed by atoms with Crippen molar-refractivity contribution in [2.24, 2.45) is 5.41 Å². The van der Waals surface area contributed by atoms with E-state index in [9.17, 15) is 0 Å². The second-order valence-corrected chi connectivity index (χ2v) is 4.86. The van der Waals surface area contributed by atoms with E-state index in [1.54, 1.807) is 0 Å². The molecule has 0 aromatic heterocycles. The molecule has 2 heteroatoms. The zero-order valence-electron chi connectivity index (χ0n) is 8.48. The lowest BCUT2D eigenvalue weighted by atomic mass is 9.64. The molecule has 2 fully saturated rings. The van der Waals surface area contributed by atoms with Crippen molar-refractivity contribution in [3.05, 3.63) is 0 Å². The molecule has 0 unspecified atom stereocenters. The molecule has 2 saturated heterocycles. The van der Waals surface area contributed by atoms with E-state index in [-0.39, 0.29) is 11.0 Å². The van der Waals surface area contributed by atoms with E-state index in [0.717, 1.165) is 0 Å². The molecule has 2 aliphatic rings. The molecular weight excluding hydrogens is 150 g/mol. The summed E-state index contributed by atoms with van der Waals surface area (Å²) in [6, 6.07) is 0. The van der Waals surface area contributed by atoms with Crippen LogP contribution in [0.5, 0.6) is 0 Å². The van der Waals surface area contributed by atoms with Gasteiger partial charge in [0.05, 0.1) is 12.2 Å². The maximum atomic E-state index is 5.93. The third kappa shape index (κ3) is 0.728. The number of hydrogen-bond donors (Lipinski definition) is 1. The minimum atomic E-state index is 0.177. The number of ether oxygens (including phenoxy) is 1. The second-order valence-electron chi connectivity index (χ2n) is 4.86. The van der Waals surface area contributed by atoms with Crippen molar-refractivity contribution in [2.45, 2.75) is 51.4 Å². The average molecular weight is 169 g/mol. The fraction of sp³-hybridized carbons (Fsp3) is 1.00. The Kier molecular flexibility index (Phi) is 1.59. The molecule has 0 amide bonds. The Morgan fingerprint density at radius 1 is 1.17 bits per heavy atom. The highest BCUT2D eigenvalue weighted by molar-refractivity contribution is 5.14. The van der Waals surface area contributed by atoms with Crippen molar-refractivity contribution in [3.63, 3.8) is 0 Å². The van der Waals surface area contributed by atoms with E-state index < -0.39 is 0 Å². The van der Waals surface area contributed by atoms with Gasteiger partial charge in [0.15, 0.2) is 0 Å². The summed E-state index contributed by atoms with van der Waals surface area (Å²) in [5, 5.41) is 3.44. The number of likely N-dealkylation sites (N-methyl/N-ethyl adjacent to an activating group) is 1. The Morgan fingerprint density at radius 3 is 2.08 bits per heavy atom. The predicted molar refractivity (Wildman–Crippen MR) is 49.1 cm³/mol. The van der Waals surface area contributed by atoms with E-state index in [4.69, 9.17) is 4.74 Å². The molecule has 70 valence electrons. The molecule has 2 nitrogen and oxygen atoms in total. The van der Waals surface area contributed by atoms with Gasteiger partial charge in [0.1, 0.15) is 0 Å². The van der Waals surface area contributed by atoms with Gasteiger partial charge in [-0.1, -0.05) is 13.8 Å². The summed E-state index contributed by atoms with van der Waals surface area (Å²) in [5.74, 6) is 0. The highest BCUT2D eigenvalue weighted by atomic mass is 16.5. The molecule has 0 radical (unpaired) electrons. The van der Waals surface area contributed by atoms with Gasteiger partial charge in [-0.2, -0.15) is 0 Å². The molecule has 0 aromatic rings. The van der Waals surface area contributed by atoms with Crippen LogP contribution in [-0.2, 0) is 4.74 Å². The quantitative estimate of drug-likeness (QED) is 0.643. The van der Waals surface area contributed by atoms with Gasteiger partial charge in [0.2, 0.25) is 0 Å². The van der Waals surface area contributed by atoms with Crippen LogP contribution in [0.15, 0.2) is 0 Å². The minimum absolute atomic E-state index is 0.177. The Balaban J connectivity index is 2.34. The zero-order valence-corrected chi connectivity index (χ0v) is 8.48. The minimum Gasteiger partial charge on any atom is -0.372 e. The van der Waals surface area contributed by atoms with Crippen molar-refractivity contribution >= 4 is 0 Å². The van der Waals surface area contributed by atoms with Crippen LogP contribution in [0, 0.1) is 5.41 Å².